The smallest absolute Gasteiger partial charge is 0.255 e. The third-order valence-electron chi connectivity index (χ3n) is 5.07. The summed E-state index contributed by atoms with van der Waals surface area (Å²) in [6.07, 6.45) is 0. The molecule has 0 aliphatic heterocycles. The molecule has 0 heterocycles. The number of carbonyl (C=O) groups excluding carboxylic acids is 1. The fraction of sp³-hybridized carbons (Fsp3) is 0.208. The SMILES string of the molecule is COc1ccc(NC(=O)c2ccc(OC)c(CN(C)S(=O)(=O)c3ccc(C)cc3)c2)cc1Cl. The van der Waals surface area contributed by atoms with Crippen LogP contribution in [0.1, 0.15) is 21.5 Å². The number of aryl methyl sites for hydroxylation is 1. The lowest BCUT2D eigenvalue weighted by atomic mass is 10.1. The number of sulfonamides is 1. The van der Waals surface area contributed by atoms with E-state index in [0.29, 0.717) is 33.3 Å². The van der Waals surface area contributed by atoms with Gasteiger partial charge in [-0.05, 0) is 55.5 Å². The van der Waals surface area contributed by atoms with E-state index in [1.54, 1.807) is 60.7 Å². The van der Waals surface area contributed by atoms with Crippen molar-refractivity contribution in [1.82, 2.24) is 4.31 Å². The van der Waals surface area contributed by atoms with E-state index in [4.69, 9.17) is 21.1 Å². The number of methoxy groups -OCH3 is 2. The van der Waals surface area contributed by atoms with Crippen molar-refractivity contribution in [2.75, 3.05) is 26.6 Å². The van der Waals surface area contributed by atoms with E-state index >= 15 is 0 Å². The summed E-state index contributed by atoms with van der Waals surface area (Å²) in [5, 5.41) is 3.15. The van der Waals surface area contributed by atoms with E-state index < -0.39 is 10.0 Å². The third-order valence-corrected chi connectivity index (χ3v) is 7.19. The summed E-state index contributed by atoms with van der Waals surface area (Å²) in [4.78, 5) is 13.0. The second-order valence-electron chi connectivity index (χ2n) is 7.40. The zero-order chi connectivity index (χ0) is 24.2. The third kappa shape index (κ3) is 5.65. The van der Waals surface area contributed by atoms with Crippen molar-refractivity contribution in [3.8, 4) is 11.5 Å². The van der Waals surface area contributed by atoms with Crippen molar-refractivity contribution >= 4 is 33.2 Å². The first-order valence-electron chi connectivity index (χ1n) is 10.0. The lowest BCUT2D eigenvalue weighted by Crippen LogP contribution is -2.27. The van der Waals surface area contributed by atoms with Crippen LogP contribution in [0.2, 0.25) is 5.02 Å². The maximum atomic E-state index is 13.0. The highest BCUT2D eigenvalue weighted by molar-refractivity contribution is 7.89. The first-order chi connectivity index (χ1) is 15.6. The van der Waals surface area contributed by atoms with Crippen LogP contribution in [0.4, 0.5) is 5.69 Å². The number of nitrogens with one attached hydrogen (secondary N) is 1. The average Bonchev–Trinajstić information content (AvgIpc) is 2.79. The summed E-state index contributed by atoms with van der Waals surface area (Å²) in [6.45, 7) is 1.91. The number of rotatable bonds is 8. The molecule has 1 N–H and O–H groups in total. The summed E-state index contributed by atoms with van der Waals surface area (Å²) in [6, 6.07) is 16.4. The largest absolute Gasteiger partial charge is 0.496 e. The number of nitrogens with zero attached hydrogens (tertiary/aromatic N) is 1. The number of carbonyl (C=O) groups is 1. The molecule has 0 spiro atoms. The Morgan fingerprint density at radius 1 is 0.970 bits per heavy atom. The lowest BCUT2D eigenvalue weighted by Gasteiger charge is -2.19. The van der Waals surface area contributed by atoms with E-state index in [2.05, 4.69) is 5.32 Å². The molecule has 33 heavy (non-hydrogen) atoms. The molecule has 0 aromatic heterocycles. The highest BCUT2D eigenvalue weighted by atomic mass is 35.5. The van der Waals surface area contributed by atoms with Crippen LogP contribution in [0, 0.1) is 6.92 Å². The molecule has 3 aromatic rings. The van der Waals surface area contributed by atoms with E-state index in [-0.39, 0.29) is 17.3 Å². The Balaban J connectivity index is 1.83. The van der Waals surface area contributed by atoms with E-state index in [9.17, 15) is 13.2 Å². The Morgan fingerprint density at radius 2 is 1.61 bits per heavy atom. The van der Waals surface area contributed by atoms with Crippen molar-refractivity contribution in [1.29, 1.82) is 0 Å². The van der Waals surface area contributed by atoms with E-state index in [1.165, 1.54) is 25.6 Å². The second kappa shape index (κ2) is 10.2. The van der Waals surface area contributed by atoms with Gasteiger partial charge in [0.2, 0.25) is 10.0 Å². The van der Waals surface area contributed by atoms with Gasteiger partial charge in [0.25, 0.3) is 5.91 Å². The molecule has 0 radical (unpaired) electrons. The highest BCUT2D eigenvalue weighted by Gasteiger charge is 2.22. The van der Waals surface area contributed by atoms with Gasteiger partial charge in [-0.3, -0.25) is 4.79 Å². The molecule has 0 fully saturated rings. The van der Waals surface area contributed by atoms with E-state index in [1.807, 2.05) is 6.92 Å². The van der Waals surface area contributed by atoms with Crippen LogP contribution in [0.5, 0.6) is 11.5 Å². The molecule has 7 nitrogen and oxygen atoms in total. The number of benzene rings is 3. The minimum Gasteiger partial charge on any atom is -0.496 e. The van der Waals surface area contributed by atoms with Gasteiger partial charge in [-0.25, -0.2) is 8.42 Å². The van der Waals surface area contributed by atoms with Crippen LogP contribution >= 0.6 is 11.6 Å². The number of hydrogen-bond acceptors (Lipinski definition) is 5. The maximum Gasteiger partial charge on any atom is 0.255 e. The van der Waals surface area contributed by atoms with Crippen molar-refractivity contribution in [3.05, 3.63) is 82.4 Å². The van der Waals surface area contributed by atoms with Crippen molar-refractivity contribution < 1.29 is 22.7 Å². The van der Waals surface area contributed by atoms with Crippen molar-refractivity contribution in [2.24, 2.45) is 0 Å². The van der Waals surface area contributed by atoms with Crippen LogP contribution in [0.15, 0.2) is 65.6 Å². The molecule has 0 atom stereocenters. The number of hydrogen-bond donors (Lipinski definition) is 1. The molecule has 0 bridgehead atoms. The normalized spacial score (nSPS) is 11.3. The number of halogens is 1. The summed E-state index contributed by atoms with van der Waals surface area (Å²) in [5.41, 5.74) is 2.37. The lowest BCUT2D eigenvalue weighted by molar-refractivity contribution is 0.102. The molecule has 0 unspecified atom stereocenters. The Labute approximate surface area is 198 Å². The highest BCUT2D eigenvalue weighted by Crippen LogP contribution is 2.28. The summed E-state index contributed by atoms with van der Waals surface area (Å²) >= 11 is 6.13. The second-order valence-corrected chi connectivity index (χ2v) is 9.86. The van der Waals surface area contributed by atoms with Gasteiger partial charge in [-0.15, -0.1) is 0 Å². The van der Waals surface area contributed by atoms with Gasteiger partial charge in [0.05, 0.1) is 24.1 Å². The maximum absolute atomic E-state index is 13.0. The Hall–Kier alpha value is -3.07. The monoisotopic (exact) mass is 488 g/mol. The molecule has 0 saturated carbocycles. The van der Waals surface area contributed by atoms with Gasteiger partial charge < -0.3 is 14.8 Å². The molecule has 0 aliphatic carbocycles. The average molecular weight is 489 g/mol. The molecule has 0 saturated heterocycles. The topological polar surface area (TPSA) is 84.9 Å². The van der Waals surface area contributed by atoms with Crippen molar-refractivity contribution in [2.45, 2.75) is 18.4 Å². The fourth-order valence-electron chi connectivity index (χ4n) is 3.21. The number of amides is 1. The Bertz CT molecular complexity index is 1260. The molecule has 0 aliphatic rings. The molecule has 9 heteroatoms. The number of anilines is 1. The van der Waals surface area contributed by atoms with Gasteiger partial charge in [-0.1, -0.05) is 29.3 Å². The van der Waals surface area contributed by atoms with Crippen LogP contribution < -0.4 is 14.8 Å². The molecule has 3 aromatic carbocycles. The molecule has 1 amide bonds. The number of ether oxygens (including phenoxy) is 2. The summed E-state index contributed by atoms with van der Waals surface area (Å²) in [7, 11) is 0.766. The predicted octanol–water partition coefficient (Wildman–Crippen LogP) is 4.74. The molecular weight excluding hydrogens is 464 g/mol. The minimum absolute atomic E-state index is 0.0227. The predicted molar refractivity (Wildman–Crippen MR) is 129 cm³/mol. The Kier molecular flexibility index (Phi) is 7.63. The zero-order valence-corrected chi connectivity index (χ0v) is 20.3. The fourth-order valence-corrected chi connectivity index (χ4v) is 4.61. The van der Waals surface area contributed by atoms with Crippen LogP contribution in [0.25, 0.3) is 0 Å². The molecule has 174 valence electrons. The van der Waals surface area contributed by atoms with Crippen LogP contribution in [-0.4, -0.2) is 39.9 Å². The zero-order valence-electron chi connectivity index (χ0n) is 18.8. The van der Waals surface area contributed by atoms with Gasteiger partial charge in [-0.2, -0.15) is 4.31 Å². The van der Waals surface area contributed by atoms with Crippen molar-refractivity contribution in [3.63, 3.8) is 0 Å². The molecule has 3 rings (SSSR count). The van der Waals surface area contributed by atoms with Gasteiger partial charge in [0.1, 0.15) is 11.5 Å². The van der Waals surface area contributed by atoms with Crippen LogP contribution in [0.3, 0.4) is 0 Å². The first kappa shape index (κ1) is 24.6. The Morgan fingerprint density at radius 3 is 2.21 bits per heavy atom. The van der Waals surface area contributed by atoms with Gasteiger partial charge in [0.15, 0.2) is 0 Å². The van der Waals surface area contributed by atoms with E-state index in [0.717, 1.165) is 5.56 Å². The molecular formula is C24H25ClN2O5S. The quantitative estimate of drug-likeness (QED) is 0.495. The minimum atomic E-state index is -3.72. The standard InChI is InChI=1S/C24H25ClN2O5S/c1-16-5-9-20(10-6-16)33(29,30)27(2)15-18-13-17(7-11-22(18)31-3)24(28)26-19-8-12-23(32-4)21(25)14-19/h5-14H,15H2,1-4H3,(H,26,28). The van der Waals surface area contributed by atoms with Crippen LogP contribution in [-0.2, 0) is 16.6 Å². The first-order valence-corrected chi connectivity index (χ1v) is 11.8. The van der Waals surface area contributed by atoms with Gasteiger partial charge >= 0.3 is 0 Å². The van der Waals surface area contributed by atoms with Gasteiger partial charge in [0, 0.05) is 30.4 Å². The summed E-state index contributed by atoms with van der Waals surface area (Å²) < 4.78 is 37.7. The summed E-state index contributed by atoms with van der Waals surface area (Å²) in [5.74, 6) is 0.605.